The molecular formula is C5H6N2O2P+. The molecule has 1 aromatic rings. The maximum absolute atomic E-state index is 10.3. The van der Waals surface area contributed by atoms with Gasteiger partial charge in [0.15, 0.2) is 0 Å². The van der Waals surface area contributed by atoms with Gasteiger partial charge in [-0.25, -0.2) is 9.51 Å². The number of hydrogen-bond acceptors (Lipinski definition) is 3. The highest BCUT2D eigenvalue weighted by atomic mass is 31.1. The highest BCUT2D eigenvalue weighted by Gasteiger charge is 2.10. The Hall–Kier alpha value is -0.990. The van der Waals surface area contributed by atoms with Crippen LogP contribution in [-0.2, 0) is 4.57 Å². The molecule has 10 heavy (non-hydrogen) atoms. The molecule has 1 heterocycles. The minimum absolute atomic E-state index is 0.283. The van der Waals surface area contributed by atoms with Crippen LogP contribution in [0.15, 0.2) is 24.4 Å². The van der Waals surface area contributed by atoms with Crippen LogP contribution in [0.4, 0.5) is 0 Å². The average Bonchev–Trinajstić information content (AvgIpc) is 1.88. The Morgan fingerprint density at radius 2 is 2.40 bits per heavy atom. The molecule has 0 aromatic carbocycles. The van der Waals surface area contributed by atoms with E-state index in [4.69, 9.17) is 5.50 Å². The van der Waals surface area contributed by atoms with Gasteiger partial charge in [-0.2, -0.15) is 0 Å². The molecule has 1 aromatic heterocycles. The van der Waals surface area contributed by atoms with E-state index in [9.17, 15) is 4.57 Å². The van der Waals surface area contributed by atoms with Crippen molar-refractivity contribution in [2.45, 2.75) is 0 Å². The topological polar surface area (TPSA) is 65.2 Å². The van der Waals surface area contributed by atoms with Gasteiger partial charge in [-0.15, -0.1) is 0 Å². The van der Waals surface area contributed by atoms with E-state index < -0.39 is 8.18 Å². The van der Waals surface area contributed by atoms with Gasteiger partial charge in [0.1, 0.15) is 0 Å². The minimum Gasteiger partial charge on any atom is -0.219 e. The van der Waals surface area contributed by atoms with E-state index in [0.29, 0.717) is 0 Å². The quantitative estimate of drug-likeness (QED) is 0.652. The second-order valence-electron chi connectivity index (χ2n) is 1.54. The highest BCUT2D eigenvalue weighted by molar-refractivity contribution is 7.36. The summed E-state index contributed by atoms with van der Waals surface area (Å²) >= 11 is 0. The first-order valence-electron chi connectivity index (χ1n) is 2.60. The number of nitrogens with two attached hydrogens (primary N) is 1. The molecular weight excluding hydrogens is 151 g/mol. The Bertz CT molecular complexity index is 226. The van der Waals surface area contributed by atoms with Crippen LogP contribution in [0.1, 0.15) is 0 Å². The van der Waals surface area contributed by atoms with E-state index in [1.807, 2.05) is 0 Å². The average molecular weight is 157 g/mol. The zero-order chi connectivity index (χ0) is 7.40. The van der Waals surface area contributed by atoms with Crippen LogP contribution in [0.3, 0.4) is 0 Å². The molecule has 0 bridgehead atoms. The molecule has 2 N–H and O–H groups in total. The highest BCUT2D eigenvalue weighted by Crippen LogP contribution is 2.15. The first kappa shape index (κ1) is 7.12. The summed E-state index contributed by atoms with van der Waals surface area (Å²) in [5, 5.41) is 0. The van der Waals surface area contributed by atoms with Crippen LogP contribution >= 0.6 is 8.18 Å². The van der Waals surface area contributed by atoms with E-state index in [2.05, 4.69) is 9.51 Å². The standard InChI is InChI=1S/C5H6N2O2P/c6-10(8)9-5-3-1-2-4-7-5/h1-4H,(H2,6,8)/q+1. The molecule has 4 nitrogen and oxygen atoms in total. The van der Waals surface area contributed by atoms with Crippen LogP contribution in [0.2, 0.25) is 0 Å². The van der Waals surface area contributed by atoms with Gasteiger partial charge in [0.25, 0.3) is 5.88 Å². The largest absolute Gasteiger partial charge is 0.662 e. The summed E-state index contributed by atoms with van der Waals surface area (Å²) in [5.41, 5.74) is 4.87. The normalized spacial score (nSPS) is 10.7. The predicted octanol–water partition coefficient (Wildman–Crippen LogP) is 1.08. The Morgan fingerprint density at radius 1 is 1.60 bits per heavy atom. The third kappa shape index (κ3) is 2.09. The fraction of sp³-hybridized carbons (Fsp3) is 0. The zero-order valence-corrected chi connectivity index (χ0v) is 5.99. The Kier molecular flexibility index (Phi) is 2.31. The molecule has 0 spiro atoms. The Labute approximate surface area is 59.0 Å². The van der Waals surface area contributed by atoms with Gasteiger partial charge in [0, 0.05) is 16.8 Å². The van der Waals surface area contributed by atoms with Gasteiger partial charge >= 0.3 is 8.18 Å². The van der Waals surface area contributed by atoms with E-state index >= 15 is 0 Å². The first-order valence-corrected chi connectivity index (χ1v) is 3.84. The summed E-state index contributed by atoms with van der Waals surface area (Å²) in [6.45, 7) is 0. The number of aromatic nitrogens is 1. The van der Waals surface area contributed by atoms with Gasteiger partial charge in [-0.1, -0.05) is 11.6 Å². The number of pyridine rings is 1. The SMILES string of the molecule is N[P+](=O)Oc1ccccn1. The van der Waals surface area contributed by atoms with E-state index in [0.717, 1.165) is 0 Å². The van der Waals surface area contributed by atoms with Gasteiger partial charge in [-0.05, 0) is 6.07 Å². The zero-order valence-electron chi connectivity index (χ0n) is 5.10. The van der Waals surface area contributed by atoms with Crippen LogP contribution < -0.4 is 10.0 Å². The van der Waals surface area contributed by atoms with E-state index in [1.54, 1.807) is 18.2 Å². The molecule has 0 saturated heterocycles. The second-order valence-corrected chi connectivity index (χ2v) is 2.30. The molecule has 1 rings (SSSR count). The minimum atomic E-state index is -2.09. The molecule has 0 saturated carbocycles. The number of rotatable bonds is 2. The van der Waals surface area contributed by atoms with Crippen molar-refractivity contribution in [3.05, 3.63) is 24.4 Å². The van der Waals surface area contributed by atoms with Crippen LogP contribution in [0.25, 0.3) is 0 Å². The fourth-order valence-corrected chi connectivity index (χ4v) is 0.786. The van der Waals surface area contributed by atoms with E-state index in [1.165, 1.54) is 6.20 Å². The molecule has 0 aliphatic heterocycles. The molecule has 0 aliphatic rings. The van der Waals surface area contributed by atoms with Crippen molar-refractivity contribution in [3.63, 3.8) is 0 Å². The van der Waals surface area contributed by atoms with Gasteiger partial charge in [0.2, 0.25) is 0 Å². The lowest BCUT2D eigenvalue weighted by molar-refractivity contribution is 0.496. The Morgan fingerprint density at radius 3 is 2.90 bits per heavy atom. The Balaban J connectivity index is 2.67. The third-order valence-corrected chi connectivity index (χ3v) is 1.19. The van der Waals surface area contributed by atoms with Crippen LogP contribution in [-0.4, -0.2) is 4.98 Å². The summed E-state index contributed by atoms with van der Waals surface area (Å²) in [6, 6.07) is 5.04. The lowest BCUT2D eigenvalue weighted by atomic mass is 10.5. The first-order chi connectivity index (χ1) is 4.79. The smallest absolute Gasteiger partial charge is 0.219 e. The van der Waals surface area contributed by atoms with Crippen molar-refractivity contribution >= 4 is 8.18 Å². The van der Waals surface area contributed by atoms with Crippen molar-refractivity contribution < 1.29 is 9.09 Å². The molecule has 1 unspecified atom stereocenters. The van der Waals surface area contributed by atoms with Crippen LogP contribution in [0.5, 0.6) is 5.88 Å². The monoisotopic (exact) mass is 157 g/mol. The van der Waals surface area contributed by atoms with Crippen molar-refractivity contribution in [3.8, 4) is 5.88 Å². The van der Waals surface area contributed by atoms with E-state index in [-0.39, 0.29) is 5.88 Å². The molecule has 52 valence electrons. The van der Waals surface area contributed by atoms with Gasteiger partial charge < -0.3 is 0 Å². The molecule has 5 heteroatoms. The molecule has 1 atom stereocenters. The lowest BCUT2D eigenvalue weighted by Crippen LogP contribution is -1.89. The summed E-state index contributed by atoms with van der Waals surface area (Å²) in [5.74, 6) is 0.283. The summed E-state index contributed by atoms with van der Waals surface area (Å²) in [4.78, 5) is 3.73. The molecule has 0 aliphatic carbocycles. The van der Waals surface area contributed by atoms with Crippen molar-refractivity contribution in [1.29, 1.82) is 0 Å². The second kappa shape index (κ2) is 3.25. The van der Waals surface area contributed by atoms with Crippen LogP contribution in [0, 0.1) is 0 Å². The van der Waals surface area contributed by atoms with Gasteiger partial charge in [0.05, 0.1) is 0 Å². The van der Waals surface area contributed by atoms with Gasteiger partial charge in [-0.3, -0.25) is 0 Å². The fourth-order valence-electron chi connectivity index (χ4n) is 0.493. The van der Waals surface area contributed by atoms with Crippen molar-refractivity contribution in [2.75, 3.05) is 0 Å². The predicted molar refractivity (Wildman–Crippen MR) is 36.7 cm³/mol. The summed E-state index contributed by atoms with van der Waals surface area (Å²) in [7, 11) is -2.09. The number of hydrogen-bond donors (Lipinski definition) is 1. The molecule has 0 amide bonds. The maximum atomic E-state index is 10.3. The summed E-state index contributed by atoms with van der Waals surface area (Å²) < 4.78 is 14.9. The lowest BCUT2D eigenvalue weighted by Gasteiger charge is -1.85. The number of nitrogens with zero attached hydrogens (tertiary/aromatic N) is 1. The van der Waals surface area contributed by atoms with Crippen molar-refractivity contribution in [2.24, 2.45) is 5.50 Å². The summed E-state index contributed by atoms with van der Waals surface area (Å²) in [6.07, 6.45) is 1.54. The molecule has 0 fully saturated rings. The van der Waals surface area contributed by atoms with Crippen molar-refractivity contribution in [1.82, 2.24) is 4.98 Å². The third-order valence-electron chi connectivity index (χ3n) is 0.821. The molecule has 0 radical (unpaired) electrons. The maximum Gasteiger partial charge on any atom is 0.662 e.